The molecule has 92 valence electrons. The highest BCUT2D eigenvalue weighted by molar-refractivity contribution is 9.10. The van der Waals surface area contributed by atoms with Crippen molar-refractivity contribution in [3.63, 3.8) is 0 Å². The van der Waals surface area contributed by atoms with Crippen LogP contribution in [-0.2, 0) is 16.0 Å². The van der Waals surface area contributed by atoms with E-state index in [-0.39, 0.29) is 11.6 Å². The monoisotopic (exact) mass is 300 g/mol. The van der Waals surface area contributed by atoms with Gasteiger partial charge in [0.05, 0.1) is 0 Å². The van der Waals surface area contributed by atoms with Crippen molar-refractivity contribution in [1.29, 1.82) is 0 Å². The van der Waals surface area contributed by atoms with Gasteiger partial charge in [-0.2, -0.15) is 0 Å². The largest absolute Gasteiger partial charge is 0.381 e. The van der Waals surface area contributed by atoms with Gasteiger partial charge in [-0.25, -0.2) is 4.39 Å². The lowest BCUT2D eigenvalue weighted by Crippen LogP contribution is -2.10. The van der Waals surface area contributed by atoms with Crippen LogP contribution < -0.4 is 0 Å². The highest BCUT2D eigenvalue weighted by Gasteiger charge is 2.19. The fourth-order valence-corrected chi connectivity index (χ4v) is 2.59. The zero-order valence-electron chi connectivity index (χ0n) is 9.42. The Hall–Kier alpha value is -0.740. The Morgan fingerprint density at radius 3 is 2.94 bits per heavy atom. The molecule has 1 aliphatic heterocycles. The Kier molecular flexibility index (Phi) is 4.29. The molecule has 0 bridgehead atoms. The highest BCUT2D eigenvalue weighted by Crippen LogP contribution is 2.19. The molecule has 1 fully saturated rings. The molecule has 2 rings (SSSR count). The lowest BCUT2D eigenvalue weighted by molar-refractivity contribution is -0.119. The number of ketones is 1. The third-order valence-corrected chi connectivity index (χ3v) is 3.32. The average Bonchev–Trinajstić information content (AvgIpc) is 2.67. The number of carbonyl (C=O) groups is 1. The molecule has 1 unspecified atom stereocenters. The first-order valence-corrected chi connectivity index (χ1v) is 6.47. The van der Waals surface area contributed by atoms with E-state index < -0.39 is 0 Å². The number of ether oxygens (including phenoxy) is 1. The van der Waals surface area contributed by atoms with Gasteiger partial charge < -0.3 is 4.74 Å². The van der Waals surface area contributed by atoms with Crippen molar-refractivity contribution in [2.24, 2.45) is 5.92 Å². The smallest absolute Gasteiger partial charge is 0.137 e. The average molecular weight is 301 g/mol. The first kappa shape index (κ1) is 12.7. The fraction of sp³-hybridized carbons (Fsp3) is 0.462. The summed E-state index contributed by atoms with van der Waals surface area (Å²) in [5.74, 6) is 0.184. The zero-order valence-corrected chi connectivity index (χ0v) is 11.0. The summed E-state index contributed by atoms with van der Waals surface area (Å²) in [6.07, 6.45) is 1.79. The Morgan fingerprint density at radius 1 is 1.47 bits per heavy atom. The van der Waals surface area contributed by atoms with E-state index in [0.717, 1.165) is 18.6 Å². The van der Waals surface area contributed by atoms with Crippen molar-refractivity contribution in [2.75, 3.05) is 13.2 Å². The molecule has 0 N–H and O–H groups in total. The number of benzene rings is 1. The van der Waals surface area contributed by atoms with Crippen molar-refractivity contribution in [3.8, 4) is 0 Å². The topological polar surface area (TPSA) is 26.3 Å². The van der Waals surface area contributed by atoms with E-state index in [1.165, 1.54) is 12.1 Å². The maximum absolute atomic E-state index is 13.1. The SMILES string of the molecule is O=C(Cc1cc(F)cc(Br)c1)CC1CCOC1. The van der Waals surface area contributed by atoms with Crippen LogP contribution in [-0.4, -0.2) is 19.0 Å². The standard InChI is InChI=1S/C13H14BrFO2/c14-11-3-10(4-12(15)7-11)6-13(16)5-9-1-2-17-8-9/h3-4,7,9H,1-2,5-6,8H2. The van der Waals surface area contributed by atoms with E-state index in [0.29, 0.717) is 29.8 Å². The van der Waals surface area contributed by atoms with Crippen molar-refractivity contribution in [3.05, 3.63) is 34.1 Å². The second-order valence-electron chi connectivity index (χ2n) is 4.43. The van der Waals surface area contributed by atoms with Crippen LogP contribution in [0.5, 0.6) is 0 Å². The van der Waals surface area contributed by atoms with Gasteiger partial charge in [-0.1, -0.05) is 15.9 Å². The molecule has 1 aromatic rings. The summed E-state index contributed by atoms with van der Waals surface area (Å²) < 4.78 is 19.0. The van der Waals surface area contributed by atoms with Crippen molar-refractivity contribution >= 4 is 21.7 Å². The van der Waals surface area contributed by atoms with Gasteiger partial charge >= 0.3 is 0 Å². The Labute approximate surface area is 108 Å². The van der Waals surface area contributed by atoms with Gasteiger partial charge in [-0.05, 0) is 36.1 Å². The third kappa shape index (κ3) is 3.89. The Morgan fingerprint density at radius 2 is 2.29 bits per heavy atom. The number of carbonyl (C=O) groups excluding carboxylic acids is 1. The molecule has 1 saturated heterocycles. The van der Waals surface area contributed by atoms with Gasteiger partial charge in [0.15, 0.2) is 0 Å². The molecule has 0 amide bonds. The summed E-state index contributed by atoms with van der Waals surface area (Å²) in [4.78, 5) is 11.8. The van der Waals surface area contributed by atoms with Crippen LogP contribution in [0, 0.1) is 11.7 Å². The van der Waals surface area contributed by atoms with E-state index in [4.69, 9.17) is 4.74 Å². The lowest BCUT2D eigenvalue weighted by Gasteiger charge is -2.06. The molecular weight excluding hydrogens is 287 g/mol. The van der Waals surface area contributed by atoms with Gasteiger partial charge in [0.25, 0.3) is 0 Å². The van der Waals surface area contributed by atoms with E-state index >= 15 is 0 Å². The predicted octanol–water partition coefficient (Wildman–Crippen LogP) is 3.13. The van der Waals surface area contributed by atoms with Crippen LogP contribution in [0.3, 0.4) is 0 Å². The summed E-state index contributed by atoms with van der Waals surface area (Å²) in [7, 11) is 0. The van der Waals surface area contributed by atoms with E-state index in [9.17, 15) is 9.18 Å². The minimum absolute atomic E-state index is 0.151. The van der Waals surface area contributed by atoms with Gasteiger partial charge in [-0.3, -0.25) is 4.79 Å². The van der Waals surface area contributed by atoms with E-state index in [1.807, 2.05) is 0 Å². The summed E-state index contributed by atoms with van der Waals surface area (Å²) in [5, 5.41) is 0. The normalized spacial score (nSPS) is 19.5. The summed E-state index contributed by atoms with van der Waals surface area (Å²) >= 11 is 3.22. The fourth-order valence-electron chi connectivity index (χ4n) is 2.08. The van der Waals surface area contributed by atoms with Crippen LogP contribution in [0.1, 0.15) is 18.4 Å². The molecule has 0 radical (unpaired) electrons. The molecule has 0 aliphatic carbocycles. The van der Waals surface area contributed by atoms with Crippen molar-refractivity contribution in [2.45, 2.75) is 19.3 Å². The summed E-state index contributed by atoms with van der Waals surface area (Å²) in [5.41, 5.74) is 0.723. The second-order valence-corrected chi connectivity index (χ2v) is 5.34. The molecule has 1 atom stereocenters. The lowest BCUT2D eigenvalue weighted by atomic mass is 9.98. The summed E-state index contributed by atoms with van der Waals surface area (Å²) in [6.45, 7) is 1.43. The minimum atomic E-state index is -0.314. The molecule has 17 heavy (non-hydrogen) atoms. The molecular formula is C13H14BrFO2. The molecule has 0 aromatic heterocycles. The maximum Gasteiger partial charge on any atom is 0.137 e. The van der Waals surface area contributed by atoms with Gasteiger partial charge in [0, 0.05) is 30.5 Å². The molecule has 1 heterocycles. The highest BCUT2D eigenvalue weighted by atomic mass is 79.9. The first-order valence-electron chi connectivity index (χ1n) is 5.68. The molecule has 1 aliphatic rings. The van der Waals surface area contributed by atoms with Gasteiger partial charge in [-0.15, -0.1) is 0 Å². The quantitative estimate of drug-likeness (QED) is 0.854. The first-order chi connectivity index (χ1) is 8.13. The summed E-state index contributed by atoms with van der Waals surface area (Å²) in [6, 6.07) is 4.58. The van der Waals surface area contributed by atoms with Crippen LogP contribution in [0.25, 0.3) is 0 Å². The minimum Gasteiger partial charge on any atom is -0.381 e. The van der Waals surface area contributed by atoms with E-state index in [2.05, 4.69) is 15.9 Å². The Balaban J connectivity index is 1.92. The number of hydrogen-bond acceptors (Lipinski definition) is 2. The number of hydrogen-bond donors (Lipinski definition) is 0. The zero-order chi connectivity index (χ0) is 12.3. The van der Waals surface area contributed by atoms with Gasteiger partial charge in [0.2, 0.25) is 0 Å². The number of Topliss-reactive ketones (excluding diaryl/α,β-unsaturated/α-hetero) is 1. The van der Waals surface area contributed by atoms with Crippen LogP contribution in [0.4, 0.5) is 4.39 Å². The molecule has 4 heteroatoms. The number of halogens is 2. The predicted molar refractivity (Wildman–Crippen MR) is 66.4 cm³/mol. The third-order valence-electron chi connectivity index (χ3n) is 2.86. The van der Waals surface area contributed by atoms with Gasteiger partial charge in [0.1, 0.15) is 11.6 Å². The molecule has 2 nitrogen and oxygen atoms in total. The number of rotatable bonds is 4. The molecule has 0 spiro atoms. The van der Waals surface area contributed by atoms with Crippen molar-refractivity contribution in [1.82, 2.24) is 0 Å². The van der Waals surface area contributed by atoms with Crippen LogP contribution >= 0.6 is 15.9 Å². The molecule has 1 aromatic carbocycles. The van der Waals surface area contributed by atoms with Crippen LogP contribution in [0.2, 0.25) is 0 Å². The van der Waals surface area contributed by atoms with Crippen molar-refractivity contribution < 1.29 is 13.9 Å². The Bertz CT molecular complexity index is 394. The molecule has 0 saturated carbocycles. The second kappa shape index (κ2) is 5.74. The van der Waals surface area contributed by atoms with E-state index in [1.54, 1.807) is 6.07 Å². The van der Waals surface area contributed by atoms with Crippen LogP contribution in [0.15, 0.2) is 22.7 Å². The maximum atomic E-state index is 13.1.